The van der Waals surface area contributed by atoms with Gasteiger partial charge >= 0.3 is 0 Å². The van der Waals surface area contributed by atoms with Crippen molar-refractivity contribution in [2.24, 2.45) is 0 Å². The van der Waals surface area contributed by atoms with Crippen molar-refractivity contribution in [2.45, 2.75) is 280 Å². The van der Waals surface area contributed by atoms with E-state index in [1.165, 1.54) is 6.92 Å². The van der Waals surface area contributed by atoms with E-state index in [2.05, 4.69) is 21.3 Å². The quantitative estimate of drug-likeness (QED) is 0.0404. The van der Waals surface area contributed by atoms with Gasteiger partial charge in [-0.05, 0) is 6.92 Å². The van der Waals surface area contributed by atoms with E-state index in [1.807, 2.05) is 0 Å². The molecule has 8 aliphatic rings. The predicted octanol–water partition coefficient (Wildman–Crippen LogP) is -16.8. The molecule has 0 unspecified atom stereocenters. The summed E-state index contributed by atoms with van der Waals surface area (Å²) in [6.45, 7) is -1.92. The Balaban J connectivity index is 1.14. The van der Waals surface area contributed by atoms with E-state index in [0.29, 0.717) is 0 Å². The van der Waals surface area contributed by atoms with Crippen LogP contribution in [-0.4, -0.2) is 423 Å². The number of amides is 4. The molecule has 0 aliphatic carbocycles. The molecule has 44 nitrogen and oxygen atoms in total. The molecule has 0 bridgehead atoms. The first kappa shape index (κ1) is 82.1. The smallest absolute Gasteiger partial charge is 0.217 e. The molecule has 0 spiro atoms. The van der Waals surface area contributed by atoms with Crippen molar-refractivity contribution in [3.05, 3.63) is 0 Å². The first-order chi connectivity index (χ1) is 47.2. The van der Waals surface area contributed by atoms with Gasteiger partial charge in [0.15, 0.2) is 50.3 Å². The number of aliphatic hydroxyl groups excluding tert-OH is 21. The summed E-state index contributed by atoms with van der Waals surface area (Å²) in [7, 11) is 0. The predicted molar refractivity (Wildman–Crippen MR) is 309 cm³/mol. The van der Waals surface area contributed by atoms with E-state index >= 15 is 0 Å². The lowest BCUT2D eigenvalue weighted by atomic mass is 9.93. The summed E-state index contributed by atoms with van der Waals surface area (Å²) in [6.07, 6.45) is -71.6. The molecule has 4 amide bonds. The van der Waals surface area contributed by atoms with Gasteiger partial charge < -0.3 is 200 Å². The van der Waals surface area contributed by atoms with Crippen LogP contribution < -0.4 is 21.3 Å². The Hall–Kier alpha value is -3.56. The molecular weight excluding hydrogens is 1370 g/mol. The lowest BCUT2D eigenvalue weighted by molar-refractivity contribution is -0.396. The third-order valence-corrected chi connectivity index (χ3v) is 18.2. The number of carbonyl (C=O) groups excluding carboxylic acids is 4. The van der Waals surface area contributed by atoms with Crippen LogP contribution in [0.25, 0.3) is 0 Å². The Kier molecular flexibility index (Phi) is 29.3. The first-order valence-electron chi connectivity index (χ1n) is 32.0. The minimum Gasteiger partial charge on any atom is -0.394 e. The van der Waals surface area contributed by atoms with E-state index in [9.17, 15) is 126 Å². The number of rotatable bonds is 25. The van der Waals surface area contributed by atoms with Gasteiger partial charge in [0.2, 0.25) is 23.6 Å². The Morgan fingerprint density at radius 2 is 0.620 bits per heavy atom. The van der Waals surface area contributed by atoms with Crippen LogP contribution in [0.1, 0.15) is 34.6 Å². The number of ether oxygens (including phenoxy) is 15. The Morgan fingerprint density at radius 1 is 0.280 bits per heavy atom. The zero-order valence-electron chi connectivity index (χ0n) is 54.2. The summed E-state index contributed by atoms with van der Waals surface area (Å²) < 4.78 is 88.8. The van der Waals surface area contributed by atoms with Crippen molar-refractivity contribution in [1.29, 1.82) is 0 Å². The standard InChI is InChI=1S/C56H94N4O40/c1-13-29(70)39(80)42(83)53(88-13)86-12-24-45(37(78)25(49(85)89-24)57-14(2)66)96-52-28(60-17(5)69)38(79)44(22(10-65)94-52)97-54-43(84)46(98-56-48(41(82)33(74)21(9-64)93-56)100-51-27(59-16(4)68)36(77)31(72)19(7-62)91-51)34(75)23(95-54)11-87-55-47(40(81)32(73)20(8-63)92-55)99-50-26(58-15(3)67)35(76)30(71)18(6-61)90-50/h13,18-56,61-65,70-85H,6-12H2,1-5H3,(H,57,66)(H,58,67)(H,59,68)(H,60,69)/t13-,18+,19+,20+,21+,22+,23+,24+,25+,26+,27+,28+,29+,30+,31+,32+,33+,34+,35+,36+,37+,38+,39+,40-,41-,42-,43-,44+,45+,46-,47-,48-,49+,50-,51-,52-,53+,54-,55-,56-/m0/s1. The average Bonchev–Trinajstić information content (AvgIpc) is 0.770. The summed E-state index contributed by atoms with van der Waals surface area (Å²) in [5.74, 6) is -3.42. The molecule has 44 heteroatoms. The van der Waals surface area contributed by atoms with Gasteiger partial charge in [0.25, 0.3) is 0 Å². The molecule has 8 fully saturated rings. The molecule has 0 radical (unpaired) electrons. The third kappa shape index (κ3) is 18.3. The van der Waals surface area contributed by atoms with Crippen molar-refractivity contribution in [3.63, 3.8) is 0 Å². The van der Waals surface area contributed by atoms with Crippen molar-refractivity contribution in [3.8, 4) is 0 Å². The largest absolute Gasteiger partial charge is 0.394 e. The van der Waals surface area contributed by atoms with Crippen molar-refractivity contribution >= 4 is 23.6 Å². The number of hydrogen-bond acceptors (Lipinski definition) is 40. The third-order valence-electron chi connectivity index (χ3n) is 18.2. The molecule has 578 valence electrons. The SMILES string of the molecule is CC(=O)N[C@@H]1[C@@H](O)[C@H](O[C@@H]2O[C@H](CO)[C@@H](O[C@@H]3O[C@H](CO[C@H]4O[C@H](CO)[C@@H](O)[C@H](O)[C@@H]4O[C@@H]4O[C@H](CO)[C@@H](O)[C@H](O)[C@H]4NC(C)=O)[C@@H](O)[C@H](O[C@@H]4O[C@H](CO)[C@@H](O)[C@H](O)[C@@H]4O[C@@H]4O[C@H](CO)[C@@H](O)[C@H](O)[C@H]4NC(C)=O)[C@@H]3O)[C@H](O)[C@H]2NC(C)=O)[C@@H](CO[C@@H]2O[C@@H](C)[C@@H](O)[C@@H](O)[C@@H]2O)O[C@H]1O. The molecule has 25 N–H and O–H groups in total. The zero-order valence-corrected chi connectivity index (χ0v) is 54.2. The van der Waals surface area contributed by atoms with Crippen LogP contribution in [0.15, 0.2) is 0 Å². The Bertz CT molecular complexity index is 2620. The summed E-state index contributed by atoms with van der Waals surface area (Å²) in [5, 5.41) is 242. The lowest BCUT2D eigenvalue weighted by Gasteiger charge is -2.51. The second-order valence-corrected chi connectivity index (χ2v) is 25.4. The van der Waals surface area contributed by atoms with Gasteiger partial charge in [-0.2, -0.15) is 0 Å². The summed E-state index contributed by atoms with van der Waals surface area (Å²) in [6, 6.07) is -7.10. The van der Waals surface area contributed by atoms with Gasteiger partial charge in [0.1, 0.15) is 189 Å². The van der Waals surface area contributed by atoms with Crippen molar-refractivity contribution in [2.75, 3.05) is 46.2 Å². The van der Waals surface area contributed by atoms with Crippen LogP contribution in [-0.2, 0) is 90.2 Å². The molecule has 8 aliphatic heterocycles. The van der Waals surface area contributed by atoms with Gasteiger partial charge in [0, 0.05) is 27.7 Å². The van der Waals surface area contributed by atoms with Crippen LogP contribution in [0, 0.1) is 0 Å². The number of nitrogens with one attached hydrogen (secondary N) is 4. The second kappa shape index (κ2) is 35.7. The van der Waals surface area contributed by atoms with Crippen molar-refractivity contribution < 1.29 is 197 Å². The molecule has 0 aromatic rings. The topological polar surface area (TPSA) is 680 Å². The van der Waals surface area contributed by atoms with E-state index in [-0.39, 0.29) is 0 Å². The van der Waals surface area contributed by atoms with E-state index in [4.69, 9.17) is 71.1 Å². The normalized spacial score (nSPS) is 48.7. The monoisotopic (exact) mass is 1460 g/mol. The van der Waals surface area contributed by atoms with Crippen LogP contribution in [0.2, 0.25) is 0 Å². The number of hydrogen-bond donors (Lipinski definition) is 25. The number of aliphatic hydroxyl groups is 21. The van der Waals surface area contributed by atoms with Crippen molar-refractivity contribution in [1.82, 2.24) is 21.3 Å². The molecule has 40 atom stereocenters. The fraction of sp³-hybridized carbons (Fsp3) is 0.929. The fourth-order valence-corrected chi connectivity index (χ4v) is 12.8. The molecule has 0 aromatic carbocycles. The highest BCUT2D eigenvalue weighted by Crippen LogP contribution is 2.38. The van der Waals surface area contributed by atoms with E-state index < -0.39 is 315 Å². The highest BCUT2D eigenvalue weighted by atomic mass is 16.8. The minimum atomic E-state index is -2.50. The molecule has 0 saturated carbocycles. The first-order valence-corrected chi connectivity index (χ1v) is 32.0. The molecular formula is C56H94N4O40. The fourth-order valence-electron chi connectivity index (χ4n) is 12.8. The second-order valence-electron chi connectivity index (χ2n) is 25.4. The molecule has 0 aromatic heterocycles. The summed E-state index contributed by atoms with van der Waals surface area (Å²) in [5.41, 5.74) is 0. The molecule has 8 saturated heterocycles. The van der Waals surface area contributed by atoms with E-state index in [1.54, 1.807) is 0 Å². The summed E-state index contributed by atoms with van der Waals surface area (Å²) in [4.78, 5) is 50.2. The lowest BCUT2D eigenvalue weighted by Crippen LogP contribution is -2.71. The Morgan fingerprint density at radius 3 is 1.09 bits per heavy atom. The van der Waals surface area contributed by atoms with Gasteiger partial charge in [-0.25, -0.2) is 0 Å². The van der Waals surface area contributed by atoms with Gasteiger partial charge in [-0.1, -0.05) is 0 Å². The number of carbonyl (C=O) groups is 4. The van der Waals surface area contributed by atoms with Crippen LogP contribution >= 0.6 is 0 Å². The van der Waals surface area contributed by atoms with Crippen LogP contribution in [0.5, 0.6) is 0 Å². The van der Waals surface area contributed by atoms with Crippen LogP contribution in [0.3, 0.4) is 0 Å². The molecule has 8 heterocycles. The maximum absolute atomic E-state index is 13.1. The molecule has 8 rings (SSSR count). The van der Waals surface area contributed by atoms with Gasteiger partial charge in [-0.3, -0.25) is 19.2 Å². The Labute approximate surface area is 567 Å². The maximum atomic E-state index is 13.1. The average molecular weight is 1460 g/mol. The summed E-state index contributed by atoms with van der Waals surface area (Å²) >= 11 is 0. The van der Waals surface area contributed by atoms with Crippen LogP contribution in [0.4, 0.5) is 0 Å². The highest BCUT2D eigenvalue weighted by Gasteiger charge is 2.60. The molecule has 100 heavy (non-hydrogen) atoms. The van der Waals surface area contributed by atoms with Gasteiger partial charge in [0.05, 0.1) is 52.4 Å². The zero-order chi connectivity index (χ0) is 73.8. The van der Waals surface area contributed by atoms with Gasteiger partial charge in [-0.15, -0.1) is 0 Å². The maximum Gasteiger partial charge on any atom is 0.217 e. The highest BCUT2D eigenvalue weighted by molar-refractivity contribution is 5.74. The van der Waals surface area contributed by atoms with E-state index in [0.717, 1.165) is 27.7 Å². The minimum absolute atomic E-state index is 0.809.